The molecule has 19 heavy (non-hydrogen) atoms. The number of benzene rings is 1. The quantitative estimate of drug-likeness (QED) is 0.304. The average molecular weight is 368 g/mol. The molecule has 0 aliphatic heterocycles. The van der Waals surface area contributed by atoms with Gasteiger partial charge in [-0.2, -0.15) is 0 Å². The summed E-state index contributed by atoms with van der Waals surface area (Å²) in [7, 11) is 14.9. The van der Waals surface area contributed by atoms with Crippen LogP contribution in [-0.4, -0.2) is 0 Å². The summed E-state index contributed by atoms with van der Waals surface area (Å²) in [5.41, 5.74) is 4.38. The Hall–Kier alpha value is 0.374. The minimum atomic E-state index is -1.92. The van der Waals surface area contributed by atoms with Gasteiger partial charge in [0, 0.05) is 0 Å². The van der Waals surface area contributed by atoms with Crippen LogP contribution in [0.3, 0.4) is 0 Å². The molecule has 0 fully saturated rings. The second-order valence-electron chi connectivity index (χ2n) is 4.39. The number of hydrogen-bond acceptors (Lipinski definition) is 1. The van der Waals surface area contributed by atoms with E-state index in [1.165, 1.54) is 36.9 Å². The van der Waals surface area contributed by atoms with E-state index in [2.05, 4.69) is 45.0 Å². The number of fused-ring (bicyclic) bond motifs is 3. The molecule has 0 saturated carbocycles. The van der Waals surface area contributed by atoms with Gasteiger partial charge in [-0.25, -0.2) is 11.3 Å². The van der Waals surface area contributed by atoms with Gasteiger partial charge in [-0.1, -0.05) is 55.1 Å². The first kappa shape index (κ1) is 15.8. The van der Waals surface area contributed by atoms with Gasteiger partial charge in [-0.15, -0.1) is 22.1 Å². The summed E-state index contributed by atoms with van der Waals surface area (Å²) in [6.07, 6.45) is 0. The third kappa shape index (κ3) is 3.18. The summed E-state index contributed by atoms with van der Waals surface area (Å²) in [6.45, 7) is 6.70. The Balaban J connectivity index is 0.000000297. The molecule has 0 radical (unpaired) electrons. The van der Waals surface area contributed by atoms with Gasteiger partial charge < -0.3 is 0 Å². The van der Waals surface area contributed by atoms with Crippen molar-refractivity contribution in [2.24, 2.45) is 0 Å². The van der Waals surface area contributed by atoms with Crippen LogP contribution in [0.4, 0.5) is 0 Å². The molecule has 0 bridgehead atoms. The van der Waals surface area contributed by atoms with Crippen LogP contribution in [0.2, 0.25) is 0 Å². The van der Waals surface area contributed by atoms with Gasteiger partial charge in [-0.05, 0) is 4.70 Å². The number of aryl methyl sites for hydroxylation is 2. The van der Waals surface area contributed by atoms with Crippen molar-refractivity contribution in [3.8, 4) is 0 Å². The first-order chi connectivity index (χ1) is 8.93. The van der Waals surface area contributed by atoms with Gasteiger partial charge in [0.1, 0.15) is 0 Å². The first-order valence-corrected chi connectivity index (χ1v) is 13.1. The molecule has 0 atom stereocenters. The van der Waals surface area contributed by atoms with E-state index in [4.69, 9.17) is 27.9 Å². The summed E-state index contributed by atoms with van der Waals surface area (Å²) in [4.78, 5) is 0. The molecule has 0 N–H and O–H groups in total. The Morgan fingerprint density at radius 1 is 1.11 bits per heavy atom. The predicted octanol–water partition coefficient (Wildman–Crippen LogP) is 6.76. The maximum atomic E-state index is 4.97. The molecule has 0 nitrogen and oxygen atoms in total. The molecular formula is C14H13Cl3STi. The SMILES string of the molecule is Cc1c(C)[c-](C)c2c1sc1ccccc12.[Cl][Ti+]([Cl])[Cl]. The Kier molecular flexibility index (Phi) is 5.33. The standard InChI is InChI=1S/C14H13S.3ClH.Ti/c1-8-9(2)13-11-6-4-5-7-12(11)15-14(13)10(8)3;;;;/h4-7H,1-3H3;3*1H;/q-1;;;;+4/p-3. The van der Waals surface area contributed by atoms with Crippen molar-refractivity contribution in [3.63, 3.8) is 0 Å². The topological polar surface area (TPSA) is 0 Å². The Labute approximate surface area is 135 Å². The molecule has 3 aromatic rings. The Bertz CT molecular complexity index is 709. The summed E-state index contributed by atoms with van der Waals surface area (Å²) in [5, 5.41) is 2.90. The van der Waals surface area contributed by atoms with Crippen LogP contribution in [0.5, 0.6) is 0 Å². The second-order valence-corrected chi connectivity index (χ2v) is 13.2. The number of hydrogen-bond donors (Lipinski definition) is 0. The van der Waals surface area contributed by atoms with Crippen molar-refractivity contribution in [2.75, 3.05) is 0 Å². The summed E-state index contributed by atoms with van der Waals surface area (Å²) >= 11 is 0.00662. The zero-order valence-corrected chi connectivity index (χ0v) is 15.5. The van der Waals surface area contributed by atoms with Crippen molar-refractivity contribution in [1.29, 1.82) is 0 Å². The van der Waals surface area contributed by atoms with E-state index >= 15 is 0 Å². The van der Waals surface area contributed by atoms with Crippen molar-refractivity contribution in [1.82, 2.24) is 0 Å². The molecule has 1 aromatic heterocycles. The van der Waals surface area contributed by atoms with Gasteiger partial charge >= 0.3 is 42.6 Å². The monoisotopic (exact) mass is 366 g/mol. The first-order valence-electron chi connectivity index (χ1n) is 5.80. The van der Waals surface area contributed by atoms with Crippen LogP contribution in [0.15, 0.2) is 24.3 Å². The Morgan fingerprint density at radius 3 is 2.32 bits per heavy atom. The van der Waals surface area contributed by atoms with Crippen LogP contribution < -0.4 is 0 Å². The predicted molar refractivity (Wildman–Crippen MR) is 86.7 cm³/mol. The number of rotatable bonds is 0. The zero-order chi connectivity index (χ0) is 14.2. The van der Waals surface area contributed by atoms with Crippen LogP contribution >= 0.6 is 39.3 Å². The van der Waals surface area contributed by atoms with Crippen LogP contribution in [0.1, 0.15) is 16.7 Å². The van der Waals surface area contributed by atoms with Crippen LogP contribution in [-0.2, 0) is 14.7 Å². The minimum absolute atomic E-state index is 1.41. The van der Waals surface area contributed by atoms with E-state index in [1.54, 1.807) is 0 Å². The van der Waals surface area contributed by atoms with Gasteiger partial charge in [0.05, 0.1) is 0 Å². The summed E-state index contributed by atoms with van der Waals surface area (Å²) < 4.78 is 2.89. The van der Waals surface area contributed by atoms with Gasteiger partial charge in [0.15, 0.2) is 0 Å². The molecule has 1 heterocycles. The van der Waals surface area contributed by atoms with E-state index in [9.17, 15) is 0 Å². The summed E-state index contributed by atoms with van der Waals surface area (Å²) in [6, 6.07) is 8.70. The fourth-order valence-corrected chi connectivity index (χ4v) is 3.64. The second kappa shape index (κ2) is 6.43. The molecule has 0 saturated heterocycles. The van der Waals surface area contributed by atoms with E-state index in [0.717, 1.165) is 0 Å². The molecular weight excluding hydrogens is 354 g/mol. The molecule has 0 aliphatic carbocycles. The molecule has 5 heteroatoms. The average Bonchev–Trinajstić information content (AvgIpc) is 2.82. The summed E-state index contributed by atoms with van der Waals surface area (Å²) in [5.74, 6) is 0. The Morgan fingerprint density at radius 2 is 1.68 bits per heavy atom. The zero-order valence-electron chi connectivity index (χ0n) is 10.9. The van der Waals surface area contributed by atoms with Gasteiger partial charge in [0.25, 0.3) is 0 Å². The molecule has 0 aliphatic rings. The fraction of sp³-hybridized carbons (Fsp3) is 0.214. The molecule has 0 spiro atoms. The normalized spacial score (nSPS) is 10.6. The van der Waals surface area contributed by atoms with Gasteiger partial charge in [-0.3, -0.25) is 0 Å². The van der Waals surface area contributed by atoms with E-state index < -0.39 is 14.7 Å². The third-order valence-corrected chi connectivity index (χ3v) is 4.73. The molecule has 100 valence electrons. The van der Waals surface area contributed by atoms with Crippen LogP contribution in [0.25, 0.3) is 20.2 Å². The van der Waals surface area contributed by atoms with Crippen molar-refractivity contribution < 1.29 is 14.7 Å². The van der Waals surface area contributed by atoms with E-state index in [-0.39, 0.29) is 0 Å². The van der Waals surface area contributed by atoms with E-state index in [0.29, 0.717) is 0 Å². The van der Waals surface area contributed by atoms with Gasteiger partial charge in [0.2, 0.25) is 0 Å². The fourth-order valence-electron chi connectivity index (χ4n) is 2.32. The maximum absolute atomic E-state index is 4.97. The molecule has 2 aromatic carbocycles. The van der Waals surface area contributed by atoms with Crippen molar-refractivity contribution >= 4 is 59.4 Å². The van der Waals surface area contributed by atoms with Crippen molar-refractivity contribution in [3.05, 3.63) is 41.0 Å². The van der Waals surface area contributed by atoms with Crippen molar-refractivity contribution in [2.45, 2.75) is 20.8 Å². The molecule has 3 rings (SSSR count). The number of halogens is 3. The third-order valence-electron chi connectivity index (χ3n) is 3.44. The van der Waals surface area contributed by atoms with Crippen LogP contribution in [0, 0.1) is 20.8 Å². The molecule has 0 amide bonds. The number of thiophene rings is 1. The van der Waals surface area contributed by atoms with E-state index in [1.807, 2.05) is 11.3 Å². The molecule has 0 unspecified atom stereocenters.